The number of hydroxylamine groups is 2. The predicted molar refractivity (Wildman–Crippen MR) is 84.9 cm³/mol. The maximum atomic E-state index is 10.4. The molecule has 0 amide bonds. The predicted octanol–water partition coefficient (Wildman–Crippen LogP) is 2.64. The highest BCUT2D eigenvalue weighted by Gasteiger charge is 2.40. The summed E-state index contributed by atoms with van der Waals surface area (Å²) in [5, 5.41) is 22.1. The molecule has 6 nitrogen and oxygen atoms in total. The number of ether oxygens (including phenoxy) is 3. The van der Waals surface area contributed by atoms with Crippen LogP contribution in [0, 0.1) is 0 Å². The minimum Gasteiger partial charge on any atom is -0.504 e. The summed E-state index contributed by atoms with van der Waals surface area (Å²) in [6.07, 6.45) is 1.39. The molecular formula is C18H17NO5. The number of rotatable bonds is 1. The zero-order valence-electron chi connectivity index (χ0n) is 13.2. The van der Waals surface area contributed by atoms with Crippen LogP contribution in [-0.4, -0.2) is 35.8 Å². The van der Waals surface area contributed by atoms with Crippen molar-refractivity contribution >= 4 is 0 Å². The number of aromatic hydroxyl groups is 1. The number of phenols is 1. The first-order valence-corrected chi connectivity index (χ1v) is 7.99. The Bertz CT molecular complexity index is 863. The lowest BCUT2D eigenvalue weighted by atomic mass is 9.76. The van der Waals surface area contributed by atoms with Gasteiger partial charge in [-0.2, -0.15) is 5.06 Å². The third kappa shape index (κ3) is 1.67. The molecule has 0 spiro atoms. The standard InChI is InChI=1S/C18H17NO5/c1-22-17-12(20)3-2-9-6-11-14-10(4-5-19(11)21)7-13-18(24-8-23-13)16(14)15(9)17/h2-3,7,11,20-21H,4-6,8H2,1H3/t11-/m0/s1. The molecule has 2 aliphatic heterocycles. The highest BCUT2D eigenvalue weighted by molar-refractivity contribution is 5.88. The molecule has 0 aromatic heterocycles. The molecule has 24 heavy (non-hydrogen) atoms. The van der Waals surface area contributed by atoms with Crippen molar-refractivity contribution in [1.82, 2.24) is 5.06 Å². The third-order valence-corrected chi connectivity index (χ3v) is 5.18. The minimum absolute atomic E-state index is 0.0941. The number of nitrogens with zero attached hydrogens (tertiary/aromatic N) is 1. The van der Waals surface area contributed by atoms with Crippen molar-refractivity contribution in [3.8, 4) is 34.1 Å². The Morgan fingerprint density at radius 3 is 2.92 bits per heavy atom. The van der Waals surface area contributed by atoms with Gasteiger partial charge in [-0.3, -0.25) is 0 Å². The number of hydrogen-bond donors (Lipinski definition) is 2. The van der Waals surface area contributed by atoms with Crippen molar-refractivity contribution in [3.05, 3.63) is 34.9 Å². The first kappa shape index (κ1) is 13.9. The average molecular weight is 327 g/mol. The Labute approximate surface area is 138 Å². The molecule has 0 bridgehead atoms. The average Bonchev–Trinajstić information content (AvgIpc) is 3.06. The van der Waals surface area contributed by atoms with Crippen LogP contribution in [0.1, 0.15) is 22.7 Å². The van der Waals surface area contributed by atoms with Crippen LogP contribution in [0.5, 0.6) is 23.0 Å². The number of phenolic OH excluding ortho intramolecular Hbond substituents is 1. The summed E-state index contributed by atoms with van der Waals surface area (Å²) in [7, 11) is 1.55. The van der Waals surface area contributed by atoms with Crippen LogP contribution < -0.4 is 14.2 Å². The molecular weight excluding hydrogens is 310 g/mol. The number of hydrogen-bond acceptors (Lipinski definition) is 6. The lowest BCUT2D eigenvalue weighted by molar-refractivity contribution is -0.133. The van der Waals surface area contributed by atoms with Crippen molar-refractivity contribution < 1.29 is 24.5 Å². The van der Waals surface area contributed by atoms with Gasteiger partial charge in [0.15, 0.2) is 23.0 Å². The molecule has 2 aromatic carbocycles. The molecule has 0 saturated heterocycles. The van der Waals surface area contributed by atoms with Gasteiger partial charge < -0.3 is 24.5 Å². The molecule has 1 atom stereocenters. The molecule has 6 heteroatoms. The van der Waals surface area contributed by atoms with Gasteiger partial charge in [0, 0.05) is 17.7 Å². The topological polar surface area (TPSA) is 71.4 Å². The smallest absolute Gasteiger partial charge is 0.231 e. The van der Waals surface area contributed by atoms with E-state index in [1.54, 1.807) is 13.2 Å². The van der Waals surface area contributed by atoms with Crippen LogP contribution in [0.15, 0.2) is 18.2 Å². The molecule has 0 unspecified atom stereocenters. The van der Waals surface area contributed by atoms with Gasteiger partial charge in [-0.25, -0.2) is 0 Å². The molecule has 5 rings (SSSR count). The Morgan fingerprint density at radius 2 is 2.08 bits per heavy atom. The quantitative estimate of drug-likeness (QED) is 0.839. The van der Waals surface area contributed by atoms with Gasteiger partial charge in [-0.1, -0.05) is 6.07 Å². The van der Waals surface area contributed by atoms with Crippen LogP contribution >= 0.6 is 0 Å². The maximum absolute atomic E-state index is 10.4. The molecule has 1 aliphatic carbocycles. The van der Waals surface area contributed by atoms with Gasteiger partial charge >= 0.3 is 0 Å². The molecule has 0 saturated carbocycles. The van der Waals surface area contributed by atoms with Gasteiger partial charge in [0.2, 0.25) is 6.79 Å². The lowest BCUT2D eigenvalue weighted by Crippen LogP contribution is -2.36. The van der Waals surface area contributed by atoms with Gasteiger partial charge in [-0.15, -0.1) is 0 Å². The molecule has 0 fully saturated rings. The number of benzene rings is 2. The fourth-order valence-electron chi connectivity index (χ4n) is 4.16. The fraction of sp³-hybridized carbons (Fsp3) is 0.333. The van der Waals surface area contributed by atoms with E-state index in [2.05, 4.69) is 0 Å². The summed E-state index contributed by atoms with van der Waals surface area (Å²) in [6, 6.07) is 5.41. The fourth-order valence-corrected chi connectivity index (χ4v) is 4.16. The van der Waals surface area contributed by atoms with Crippen molar-refractivity contribution in [1.29, 1.82) is 0 Å². The summed E-state index contributed by atoms with van der Waals surface area (Å²) in [6.45, 7) is 0.760. The van der Waals surface area contributed by atoms with E-state index in [9.17, 15) is 10.3 Å². The highest BCUT2D eigenvalue weighted by atomic mass is 16.7. The number of fused-ring (bicyclic) bond motifs is 4. The second-order valence-corrected chi connectivity index (χ2v) is 6.34. The highest BCUT2D eigenvalue weighted by Crippen LogP contribution is 2.57. The maximum Gasteiger partial charge on any atom is 0.231 e. The molecule has 124 valence electrons. The van der Waals surface area contributed by atoms with Crippen molar-refractivity contribution in [2.45, 2.75) is 18.9 Å². The Balaban J connectivity index is 1.90. The molecule has 0 radical (unpaired) electrons. The van der Waals surface area contributed by atoms with Crippen molar-refractivity contribution in [2.75, 3.05) is 20.4 Å². The Kier molecular flexibility index (Phi) is 2.78. The van der Waals surface area contributed by atoms with E-state index in [-0.39, 0.29) is 18.6 Å². The van der Waals surface area contributed by atoms with Gasteiger partial charge in [0.1, 0.15) is 0 Å². The largest absolute Gasteiger partial charge is 0.504 e. The van der Waals surface area contributed by atoms with E-state index in [0.717, 1.165) is 34.2 Å². The van der Waals surface area contributed by atoms with E-state index in [4.69, 9.17) is 14.2 Å². The monoisotopic (exact) mass is 327 g/mol. The normalized spacial score (nSPS) is 20.5. The number of methoxy groups -OCH3 is 1. The van der Waals surface area contributed by atoms with Crippen LogP contribution in [0.2, 0.25) is 0 Å². The van der Waals surface area contributed by atoms with Crippen LogP contribution in [0.4, 0.5) is 0 Å². The first-order chi connectivity index (χ1) is 11.7. The molecule has 2 heterocycles. The van der Waals surface area contributed by atoms with E-state index in [1.807, 2.05) is 12.1 Å². The zero-order chi connectivity index (χ0) is 16.4. The Hall–Kier alpha value is -2.44. The molecule has 3 aliphatic rings. The summed E-state index contributed by atoms with van der Waals surface area (Å²) in [5.41, 5.74) is 4.92. The molecule has 2 N–H and O–H groups in total. The van der Waals surface area contributed by atoms with E-state index in [1.165, 1.54) is 5.06 Å². The lowest BCUT2D eigenvalue weighted by Gasteiger charge is -2.38. The minimum atomic E-state index is -0.125. The summed E-state index contributed by atoms with van der Waals surface area (Å²) in [5.74, 6) is 1.91. The van der Waals surface area contributed by atoms with Crippen LogP contribution in [0.3, 0.4) is 0 Å². The van der Waals surface area contributed by atoms with Crippen molar-refractivity contribution in [2.24, 2.45) is 0 Å². The van der Waals surface area contributed by atoms with Crippen LogP contribution in [0.25, 0.3) is 11.1 Å². The van der Waals surface area contributed by atoms with Gasteiger partial charge in [0.05, 0.1) is 13.2 Å². The summed E-state index contributed by atoms with van der Waals surface area (Å²) < 4.78 is 16.8. The summed E-state index contributed by atoms with van der Waals surface area (Å²) >= 11 is 0. The SMILES string of the molecule is COc1c(O)ccc2c1-c1c3c(cc4c1[C@H](C2)N(O)CC4)OCO3. The van der Waals surface area contributed by atoms with E-state index >= 15 is 0 Å². The second kappa shape index (κ2) is 4.78. The molecule has 2 aromatic rings. The van der Waals surface area contributed by atoms with Gasteiger partial charge in [0.25, 0.3) is 0 Å². The van der Waals surface area contributed by atoms with Gasteiger partial charge in [-0.05, 0) is 41.7 Å². The first-order valence-electron chi connectivity index (χ1n) is 7.99. The third-order valence-electron chi connectivity index (χ3n) is 5.18. The Morgan fingerprint density at radius 1 is 1.21 bits per heavy atom. The van der Waals surface area contributed by atoms with E-state index < -0.39 is 0 Å². The summed E-state index contributed by atoms with van der Waals surface area (Å²) in [4.78, 5) is 0. The van der Waals surface area contributed by atoms with Crippen molar-refractivity contribution in [3.63, 3.8) is 0 Å². The van der Waals surface area contributed by atoms with Crippen LogP contribution in [-0.2, 0) is 12.8 Å². The zero-order valence-corrected chi connectivity index (χ0v) is 13.2. The second-order valence-electron chi connectivity index (χ2n) is 6.34. The van der Waals surface area contributed by atoms with E-state index in [0.29, 0.717) is 30.2 Å².